The van der Waals surface area contributed by atoms with Crippen molar-refractivity contribution in [2.75, 3.05) is 19.6 Å². The van der Waals surface area contributed by atoms with Crippen molar-refractivity contribution in [2.45, 2.75) is 33.7 Å². The molecule has 26 heavy (non-hydrogen) atoms. The first-order valence-electron chi connectivity index (χ1n) is 8.94. The number of aryl methyl sites for hydroxylation is 1. The minimum atomic E-state index is -0.214. The van der Waals surface area contributed by atoms with E-state index in [1.54, 1.807) is 16.0 Å². The molecule has 0 radical (unpaired) electrons. The zero-order valence-electron chi connectivity index (χ0n) is 15.7. The Hall–Kier alpha value is -2.76. The molecule has 6 nitrogen and oxygen atoms in total. The molecule has 1 aromatic carbocycles. The highest BCUT2D eigenvalue weighted by molar-refractivity contribution is 5.92. The molecule has 2 rings (SSSR count). The normalized spacial score (nSPS) is 10.4. The van der Waals surface area contributed by atoms with E-state index in [2.05, 4.69) is 9.97 Å². The number of rotatable bonds is 8. The summed E-state index contributed by atoms with van der Waals surface area (Å²) in [6, 6.07) is 9.74. The lowest BCUT2D eigenvalue weighted by Gasteiger charge is -2.24. The number of benzene rings is 1. The minimum Gasteiger partial charge on any atom is -0.343 e. The summed E-state index contributed by atoms with van der Waals surface area (Å²) in [5.74, 6) is -0.162. The largest absolute Gasteiger partial charge is 0.343 e. The molecule has 0 saturated heterocycles. The van der Waals surface area contributed by atoms with Gasteiger partial charge in [-0.05, 0) is 26.3 Å². The summed E-state index contributed by atoms with van der Waals surface area (Å²) >= 11 is 0. The van der Waals surface area contributed by atoms with Gasteiger partial charge in [-0.3, -0.25) is 14.6 Å². The van der Waals surface area contributed by atoms with Crippen LogP contribution in [0.1, 0.15) is 42.0 Å². The van der Waals surface area contributed by atoms with E-state index in [0.29, 0.717) is 38.3 Å². The molecule has 0 bridgehead atoms. The topological polar surface area (TPSA) is 66.4 Å². The van der Waals surface area contributed by atoms with Gasteiger partial charge in [-0.25, -0.2) is 4.98 Å². The molecule has 0 saturated carbocycles. The third-order valence-corrected chi connectivity index (χ3v) is 4.22. The van der Waals surface area contributed by atoms with Crippen LogP contribution in [0.2, 0.25) is 0 Å². The maximum atomic E-state index is 12.9. The lowest BCUT2D eigenvalue weighted by atomic mass is 10.2. The third kappa shape index (κ3) is 5.37. The number of hydrogen-bond donors (Lipinski definition) is 0. The summed E-state index contributed by atoms with van der Waals surface area (Å²) in [7, 11) is 0. The van der Waals surface area contributed by atoms with Gasteiger partial charge in [-0.1, -0.05) is 30.3 Å². The highest BCUT2D eigenvalue weighted by Gasteiger charge is 2.20. The minimum absolute atomic E-state index is 0.0517. The van der Waals surface area contributed by atoms with Crippen LogP contribution in [0, 0.1) is 6.92 Å². The first kappa shape index (κ1) is 19.6. The van der Waals surface area contributed by atoms with E-state index in [4.69, 9.17) is 0 Å². The second kappa shape index (κ2) is 9.65. The van der Waals surface area contributed by atoms with Crippen molar-refractivity contribution in [1.82, 2.24) is 19.8 Å². The predicted octanol–water partition coefficient (Wildman–Crippen LogP) is 2.69. The van der Waals surface area contributed by atoms with Crippen molar-refractivity contribution in [3.63, 3.8) is 0 Å². The monoisotopic (exact) mass is 354 g/mol. The van der Waals surface area contributed by atoms with Gasteiger partial charge in [-0.15, -0.1) is 0 Å². The molecule has 0 N–H and O–H groups in total. The number of amides is 2. The van der Waals surface area contributed by atoms with Gasteiger partial charge in [0.15, 0.2) is 0 Å². The average molecular weight is 354 g/mol. The van der Waals surface area contributed by atoms with Crippen molar-refractivity contribution < 1.29 is 9.59 Å². The molecule has 0 aliphatic rings. The maximum absolute atomic E-state index is 12.9. The highest BCUT2D eigenvalue weighted by Crippen LogP contribution is 2.10. The second-order valence-corrected chi connectivity index (χ2v) is 6.07. The Morgan fingerprint density at radius 1 is 0.962 bits per heavy atom. The molecule has 1 aromatic heterocycles. The van der Waals surface area contributed by atoms with Gasteiger partial charge in [0.25, 0.3) is 5.91 Å². The fourth-order valence-electron chi connectivity index (χ4n) is 2.69. The fourth-order valence-corrected chi connectivity index (χ4v) is 2.69. The Morgan fingerprint density at radius 3 is 2.23 bits per heavy atom. The van der Waals surface area contributed by atoms with Crippen LogP contribution in [-0.4, -0.2) is 51.2 Å². The van der Waals surface area contributed by atoms with E-state index in [0.717, 1.165) is 11.3 Å². The molecular weight excluding hydrogens is 328 g/mol. The van der Waals surface area contributed by atoms with E-state index >= 15 is 0 Å². The van der Waals surface area contributed by atoms with Gasteiger partial charge in [0.1, 0.15) is 5.69 Å². The third-order valence-electron chi connectivity index (χ3n) is 4.22. The van der Waals surface area contributed by atoms with E-state index in [9.17, 15) is 9.59 Å². The Kier molecular flexibility index (Phi) is 7.26. The number of nitrogens with zero attached hydrogens (tertiary/aromatic N) is 4. The van der Waals surface area contributed by atoms with Crippen LogP contribution in [0.5, 0.6) is 0 Å². The van der Waals surface area contributed by atoms with Gasteiger partial charge >= 0.3 is 0 Å². The lowest BCUT2D eigenvalue weighted by molar-refractivity contribution is -0.131. The SMILES string of the molecule is CCN(CC)C(=O)CCN(Cc1ccccc1)C(=O)c1cnc(C)cn1. The highest BCUT2D eigenvalue weighted by atomic mass is 16.2. The summed E-state index contributed by atoms with van der Waals surface area (Å²) < 4.78 is 0. The summed E-state index contributed by atoms with van der Waals surface area (Å²) in [5, 5.41) is 0. The van der Waals surface area contributed by atoms with Crippen molar-refractivity contribution in [1.29, 1.82) is 0 Å². The molecule has 0 aliphatic heterocycles. The Labute approximate surface area is 154 Å². The Bertz CT molecular complexity index is 712. The summed E-state index contributed by atoms with van der Waals surface area (Å²) in [6.07, 6.45) is 3.36. The van der Waals surface area contributed by atoms with Gasteiger partial charge in [0.2, 0.25) is 5.91 Å². The molecule has 2 aromatic rings. The average Bonchev–Trinajstić information content (AvgIpc) is 2.67. The predicted molar refractivity (Wildman–Crippen MR) is 100 cm³/mol. The van der Waals surface area contributed by atoms with E-state index in [-0.39, 0.29) is 11.8 Å². The molecule has 0 fully saturated rings. The van der Waals surface area contributed by atoms with Crippen LogP contribution in [0.4, 0.5) is 0 Å². The molecule has 0 unspecified atom stereocenters. The van der Waals surface area contributed by atoms with Crippen LogP contribution in [0.25, 0.3) is 0 Å². The zero-order valence-corrected chi connectivity index (χ0v) is 15.7. The summed E-state index contributed by atoms with van der Waals surface area (Å²) in [6.45, 7) is 7.86. The Balaban J connectivity index is 2.14. The first-order valence-corrected chi connectivity index (χ1v) is 8.94. The summed E-state index contributed by atoms with van der Waals surface area (Å²) in [4.78, 5) is 37.0. The van der Waals surface area contributed by atoms with E-state index in [1.807, 2.05) is 51.1 Å². The molecular formula is C20H26N4O2. The van der Waals surface area contributed by atoms with Crippen molar-refractivity contribution in [2.24, 2.45) is 0 Å². The first-order chi connectivity index (χ1) is 12.5. The van der Waals surface area contributed by atoms with E-state index in [1.165, 1.54) is 6.20 Å². The number of carbonyl (C=O) groups is 2. The Morgan fingerprint density at radius 2 is 1.65 bits per heavy atom. The zero-order chi connectivity index (χ0) is 18.9. The fraction of sp³-hybridized carbons (Fsp3) is 0.400. The number of aromatic nitrogens is 2. The molecule has 2 amide bonds. The molecule has 0 aliphatic carbocycles. The summed E-state index contributed by atoms with van der Waals surface area (Å²) in [5.41, 5.74) is 2.06. The quantitative estimate of drug-likeness (QED) is 0.731. The molecule has 0 spiro atoms. The van der Waals surface area contributed by atoms with Crippen LogP contribution in [-0.2, 0) is 11.3 Å². The smallest absolute Gasteiger partial charge is 0.274 e. The van der Waals surface area contributed by atoms with Crippen LogP contribution in [0.3, 0.4) is 0 Å². The van der Waals surface area contributed by atoms with Crippen molar-refractivity contribution >= 4 is 11.8 Å². The van der Waals surface area contributed by atoms with Crippen molar-refractivity contribution in [3.05, 3.63) is 59.7 Å². The van der Waals surface area contributed by atoms with Crippen LogP contribution < -0.4 is 0 Å². The van der Waals surface area contributed by atoms with Gasteiger partial charge < -0.3 is 9.80 Å². The number of carbonyl (C=O) groups excluding carboxylic acids is 2. The maximum Gasteiger partial charge on any atom is 0.274 e. The van der Waals surface area contributed by atoms with Gasteiger partial charge in [0.05, 0.1) is 11.9 Å². The van der Waals surface area contributed by atoms with Crippen LogP contribution in [0.15, 0.2) is 42.7 Å². The van der Waals surface area contributed by atoms with Gasteiger partial charge in [-0.2, -0.15) is 0 Å². The molecule has 138 valence electrons. The standard InChI is InChI=1S/C20H26N4O2/c1-4-23(5-2)19(25)11-12-24(15-17-9-7-6-8-10-17)20(26)18-14-21-16(3)13-22-18/h6-10,13-14H,4-5,11-12,15H2,1-3H3. The second-order valence-electron chi connectivity index (χ2n) is 6.07. The van der Waals surface area contributed by atoms with Crippen molar-refractivity contribution in [3.8, 4) is 0 Å². The number of hydrogen-bond acceptors (Lipinski definition) is 4. The van der Waals surface area contributed by atoms with Gasteiger partial charge in [0, 0.05) is 38.8 Å². The lowest BCUT2D eigenvalue weighted by Crippen LogP contribution is -2.37. The molecule has 6 heteroatoms. The van der Waals surface area contributed by atoms with Crippen LogP contribution >= 0.6 is 0 Å². The molecule has 1 heterocycles. The van der Waals surface area contributed by atoms with E-state index < -0.39 is 0 Å². The molecule has 0 atom stereocenters.